The molecule has 156 valence electrons. The lowest BCUT2D eigenvalue weighted by molar-refractivity contribution is -0.127. The molecule has 1 aromatic carbocycles. The second-order valence-electron chi connectivity index (χ2n) is 7.98. The highest BCUT2D eigenvalue weighted by molar-refractivity contribution is 14.0. The van der Waals surface area contributed by atoms with Crippen molar-refractivity contribution in [3.63, 3.8) is 0 Å². The highest BCUT2D eigenvalue weighted by Gasteiger charge is 2.28. The Labute approximate surface area is 186 Å². The summed E-state index contributed by atoms with van der Waals surface area (Å²) in [7, 11) is 1.86. The van der Waals surface area contributed by atoms with Crippen LogP contribution in [0.3, 0.4) is 0 Å². The lowest BCUT2D eigenvalue weighted by Crippen LogP contribution is -2.48. The minimum absolute atomic E-state index is 0. The minimum Gasteiger partial charge on any atom is -0.356 e. The van der Waals surface area contributed by atoms with Gasteiger partial charge in [-0.05, 0) is 43.1 Å². The highest BCUT2D eigenvalue weighted by Crippen LogP contribution is 2.32. The maximum atomic E-state index is 11.8. The summed E-state index contributed by atoms with van der Waals surface area (Å²) >= 11 is 0. The number of hydrogen-bond acceptors (Lipinski definition) is 2. The third-order valence-electron chi connectivity index (χ3n) is 6.06. The zero-order valence-corrected chi connectivity index (χ0v) is 19.5. The maximum absolute atomic E-state index is 11.8. The topological polar surface area (TPSA) is 56.7 Å². The average Bonchev–Trinajstić information content (AvgIpc) is 2.64. The molecule has 0 spiro atoms. The third-order valence-corrected chi connectivity index (χ3v) is 6.06. The van der Waals surface area contributed by atoms with Gasteiger partial charge in [0, 0.05) is 39.1 Å². The van der Waals surface area contributed by atoms with Crippen molar-refractivity contribution in [3.8, 4) is 0 Å². The molecule has 1 saturated heterocycles. The van der Waals surface area contributed by atoms with E-state index in [1.165, 1.54) is 12.0 Å². The molecule has 1 aliphatic carbocycles. The van der Waals surface area contributed by atoms with Gasteiger partial charge < -0.3 is 15.5 Å². The van der Waals surface area contributed by atoms with E-state index in [-0.39, 0.29) is 35.8 Å². The Bertz CT molecular complexity index is 633. The van der Waals surface area contributed by atoms with Gasteiger partial charge in [-0.3, -0.25) is 9.79 Å². The van der Waals surface area contributed by atoms with Gasteiger partial charge in [-0.2, -0.15) is 0 Å². The Morgan fingerprint density at radius 2 is 1.86 bits per heavy atom. The SMILES string of the molecule is CN=C(NCCCNC(=O)C1CCC1)N1CCC(c2ccccc2)C(C)C1.I. The molecule has 2 fully saturated rings. The Morgan fingerprint density at radius 3 is 2.46 bits per heavy atom. The molecule has 1 aromatic rings. The van der Waals surface area contributed by atoms with Crippen LogP contribution >= 0.6 is 24.0 Å². The van der Waals surface area contributed by atoms with Crippen molar-refractivity contribution in [1.29, 1.82) is 0 Å². The van der Waals surface area contributed by atoms with Crippen LogP contribution < -0.4 is 10.6 Å². The number of carbonyl (C=O) groups excluding carboxylic acids is 1. The predicted molar refractivity (Wildman–Crippen MR) is 126 cm³/mol. The second kappa shape index (κ2) is 11.6. The Balaban J connectivity index is 0.00000280. The van der Waals surface area contributed by atoms with Crippen molar-refractivity contribution < 1.29 is 4.79 Å². The van der Waals surface area contributed by atoms with Crippen molar-refractivity contribution in [2.75, 3.05) is 33.2 Å². The van der Waals surface area contributed by atoms with E-state index in [0.29, 0.717) is 11.8 Å². The molecule has 1 amide bonds. The van der Waals surface area contributed by atoms with Crippen molar-refractivity contribution in [1.82, 2.24) is 15.5 Å². The number of benzene rings is 1. The molecule has 0 bridgehead atoms. The van der Waals surface area contributed by atoms with Gasteiger partial charge in [0.05, 0.1) is 0 Å². The summed E-state index contributed by atoms with van der Waals surface area (Å²) in [5.74, 6) is 2.72. The molecule has 0 aromatic heterocycles. The minimum atomic E-state index is 0. The normalized spacial score (nSPS) is 22.8. The Morgan fingerprint density at radius 1 is 1.14 bits per heavy atom. The van der Waals surface area contributed by atoms with E-state index in [1.54, 1.807) is 0 Å². The van der Waals surface area contributed by atoms with Gasteiger partial charge in [0.2, 0.25) is 5.91 Å². The Kier molecular flexibility index (Phi) is 9.55. The highest BCUT2D eigenvalue weighted by atomic mass is 127. The number of aliphatic imine (C=N–C) groups is 1. The zero-order valence-electron chi connectivity index (χ0n) is 17.2. The largest absolute Gasteiger partial charge is 0.356 e. The summed E-state index contributed by atoms with van der Waals surface area (Å²) in [5.41, 5.74) is 1.45. The summed E-state index contributed by atoms with van der Waals surface area (Å²) in [6.45, 7) is 5.98. The van der Waals surface area contributed by atoms with E-state index in [0.717, 1.165) is 57.8 Å². The number of carbonyl (C=O) groups is 1. The number of nitrogens with one attached hydrogen (secondary N) is 2. The van der Waals surface area contributed by atoms with Gasteiger partial charge in [0.15, 0.2) is 5.96 Å². The summed E-state index contributed by atoms with van der Waals surface area (Å²) in [6, 6.07) is 10.9. The molecule has 28 heavy (non-hydrogen) atoms. The molecular formula is C22H35IN4O. The van der Waals surface area contributed by atoms with E-state index in [1.807, 2.05) is 7.05 Å². The number of piperidine rings is 1. The fourth-order valence-electron chi connectivity index (χ4n) is 4.18. The predicted octanol–water partition coefficient (Wildman–Crippen LogP) is 3.61. The molecule has 6 heteroatoms. The fourth-order valence-corrected chi connectivity index (χ4v) is 4.18. The van der Waals surface area contributed by atoms with Crippen LogP contribution in [-0.2, 0) is 4.79 Å². The van der Waals surface area contributed by atoms with Gasteiger partial charge in [-0.25, -0.2) is 0 Å². The molecule has 1 saturated carbocycles. The Hall–Kier alpha value is -1.31. The quantitative estimate of drug-likeness (QED) is 0.273. The number of amides is 1. The van der Waals surface area contributed by atoms with Crippen LogP contribution in [0.25, 0.3) is 0 Å². The first kappa shape index (κ1) is 23.0. The smallest absolute Gasteiger partial charge is 0.223 e. The van der Waals surface area contributed by atoms with Crippen molar-refractivity contribution in [2.45, 2.75) is 44.9 Å². The second-order valence-corrected chi connectivity index (χ2v) is 7.98. The van der Waals surface area contributed by atoms with Crippen LogP contribution in [0.1, 0.15) is 50.5 Å². The van der Waals surface area contributed by atoms with Crippen LogP contribution in [0, 0.1) is 11.8 Å². The van der Waals surface area contributed by atoms with Crippen molar-refractivity contribution in [3.05, 3.63) is 35.9 Å². The molecule has 1 heterocycles. The molecule has 0 radical (unpaired) electrons. The third kappa shape index (κ3) is 6.09. The molecule has 5 nitrogen and oxygen atoms in total. The lowest BCUT2D eigenvalue weighted by atomic mass is 9.82. The number of rotatable bonds is 6. The van der Waals surface area contributed by atoms with Gasteiger partial charge in [0.1, 0.15) is 0 Å². The maximum Gasteiger partial charge on any atom is 0.223 e. The first-order valence-electron chi connectivity index (χ1n) is 10.5. The van der Waals surface area contributed by atoms with Crippen LogP contribution in [0.2, 0.25) is 0 Å². The van der Waals surface area contributed by atoms with Crippen molar-refractivity contribution >= 4 is 35.8 Å². The lowest BCUT2D eigenvalue weighted by Gasteiger charge is -2.39. The van der Waals surface area contributed by atoms with Crippen LogP contribution in [-0.4, -0.2) is 50.0 Å². The van der Waals surface area contributed by atoms with Crippen LogP contribution in [0.15, 0.2) is 35.3 Å². The molecule has 2 N–H and O–H groups in total. The first-order chi connectivity index (χ1) is 13.2. The van der Waals surface area contributed by atoms with Gasteiger partial charge >= 0.3 is 0 Å². The van der Waals surface area contributed by atoms with Crippen molar-refractivity contribution in [2.24, 2.45) is 16.8 Å². The number of nitrogens with zero attached hydrogens (tertiary/aromatic N) is 2. The zero-order chi connectivity index (χ0) is 19.1. The molecule has 3 rings (SSSR count). The fraction of sp³-hybridized carbons (Fsp3) is 0.636. The van der Waals surface area contributed by atoms with Crippen LogP contribution in [0.5, 0.6) is 0 Å². The number of likely N-dealkylation sites (tertiary alicyclic amines) is 1. The average molecular weight is 498 g/mol. The number of guanidine groups is 1. The van der Waals surface area contributed by atoms with Gasteiger partial charge in [-0.15, -0.1) is 24.0 Å². The summed E-state index contributed by atoms with van der Waals surface area (Å²) < 4.78 is 0. The van der Waals surface area contributed by atoms with Crippen LogP contribution in [0.4, 0.5) is 0 Å². The summed E-state index contributed by atoms with van der Waals surface area (Å²) in [5, 5.41) is 6.52. The first-order valence-corrected chi connectivity index (χ1v) is 10.5. The van der Waals surface area contributed by atoms with E-state index in [2.05, 4.69) is 57.8 Å². The molecular weight excluding hydrogens is 463 g/mol. The van der Waals surface area contributed by atoms with Gasteiger partial charge in [0.25, 0.3) is 0 Å². The van der Waals surface area contributed by atoms with E-state index >= 15 is 0 Å². The number of halogens is 1. The van der Waals surface area contributed by atoms with E-state index in [4.69, 9.17) is 0 Å². The van der Waals surface area contributed by atoms with Gasteiger partial charge in [-0.1, -0.05) is 43.7 Å². The summed E-state index contributed by atoms with van der Waals surface area (Å²) in [6.07, 6.45) is 5.41. The molecule has 1 aliphatic heterocycles. The molecule has 2 unspecified atom stereocenters. The van der Waals surface area contributed by atoms with E-state index in [9.17, 15) is 4.79 Å². The molecule has 2 aliphatic rings. The molecule has 2 atom stereocenters. The number of hydrogen-bond donors (Lipinski definition) is 2. The standard InChI is InChI=1S/C22H34N4O.HI/c1-17-16-26(15-12-20(17)18-8-4-3-5-9-18)22(23-2)25-14-7-13-24-21(27)19-10-6-11-19;/h3-5,8-9,17,19-20H,6-7,10-16H2,1-2H3,(H,23,25)(H,24,27);1H. The van der Waals surface area contributed by atoms with E-state index < -0.39 is 0 Å². The monoisotopic (exact) mass is 498 g/mol. The summed E-state index contributed by atoms with van der Waals surface area (Å²) in [4.78, 5) is 18.7.